The zero-order chi connectivity index (χ0) is 49.6. The Labute approximate surface area is 425 Å². The second-order valence-electron chi connectivity index (χ2n) is 17.8. The topological polar surface area (TPSA) is 105 Å². The normalized spacial score (nSPS) is 13.0. The highest BCUT2D eigenvalue weighted by atomic mass is 32.2. The number of methoxy groups -OCH3 is 2. The van der Waals surface area contributed by atoms with Crippen LogP contribution < -0.4 is 14.9 Å². The third-order valence-corrected chi connectivity index (χ3v) is 16.9. The molecule has 0 fully saturated rings. The average molecular weight is 992 g/mol. The Bertz CT molecular complexity index is 3540. The Morgan fingerprint density at radius 3 is 1.68 bits per heavy atom. The minimum absolute atomic E-state index is 0.240. The monoisotopic (exact) mass is 991 g/mol. The van der Waals surface area contributed by atoms with Gasteiger partial charge in [-0.15, -0.1) is 0 Å². The van der Waals surface area contributed by atoms with Gasteiger partial charge in [-0.05, 0) is 159 Å². The molecule has 9 aromatic carbocycles. The lowest BCUT2D eigenvalue weighted by atomic mass is 9.79. The summed E-state index contributed by atoms with van der Waals surface area (Å²) < 4.78 is 35.5. The fraction of sp³-hybridized carbons (Fsp3) is 0.150. The van der Waals surface area contributed by atoms with Crippen LogP contribution in [-0.4, -0.2) is 51.4 Å². The first-order valence-electron chi connectivity index (χ1n) is 23.4. The van der Waals surface area contributed by atoms with Crippen LogP contribution in [0.2, 0.25) is 0 Å². The molecule has 2 aliphatic heterocycles. The lowest BCUT2D eigenvalue weighted by Gasteiger charge is -2.21. The average Bonchev–Trinajstić information content (AvgIpc) is 3.40. The molecule has 11 heteroatoms. The van der Waals surface area contributed by atoms with E-state index in [0.717, 1.165) is 52.0 Å². The summed E-state index contributed by atoms with van der Waals surface area (Å²) in [7, 11) is -1.52. The van der Waals surface area contributed by atoms with E-state index < -0.39 is 17.0 Å². The number of rotatable bonds is 9. The molecule has 1 unspecified atom stereocenters. The van der Waals surface area contributed by atoms with Crippen LogP contribution >= 0.6 is 23.5 Å². The Morgan fingerprint density at radius 1 is 0.577 bits per heavy atom. The van der Waals surface area contributed by atoms with Crippen LogP contribution in [0.3, 0.4) is 0 Å². The first-order chi connectivity index (χ1) is 34.3. The van der Waals surface area contributed by atoms with Gasteiger partial charge in [-0.2, -0.15) is 0 Å². The zero-order valence-electron chi connectivity index (χ0n) is 40.3. The molecule has 0 saturated heterocycles. The number of aryl methyl sites for hydroxylation is 1. The van der Waals surface area contributed by atoms with Gasteiger partial charge in [0.25, 0.3) is 0 Å². The fourth-order valence-electron chi connectivity index (χ4n) is 8.75. The molecule has 1 atom stereocenters. The molecule has 0 aromatic heterocycles. The molecular weight excluding hydrogens is 938 g/mol. The van der Waals surface area contributed by atoms with Crippen LogP contribution in [0, 0.1) is 6.92 Å². The molecule has 7 nitrogen and oxygen atoms in total. The van der Waals surface area contributed by atoms with Crippen LogP contribution in [0.5, 0.6) is 11.5 Å². The Kier molecular flexibility index (Phi) is 15.2. The van der Waals surface area contributed by atoms with Gasteiger partial charge < -0.3 is 19.5 Å². The maximum atomic E-state index is 12.5. The van der Waals surface area contributed by atoms with Crippen molar-refractivity contribution in [2.75, 3.05) is 20.1 Å². The maximum absolute atomic E-state index is 12.5. The van der Waals surface area contributed by atoms with Gasteiger partial charge in [0.1, 0.15) is 17.4 Å². The predicted octanol–water partition coefficient (Wildman–Crippen LogP) is 12.9. The van der Waals surface area contributed by atoms with Crippen LogP contribution in [0.25, 0.3) is 21.5 Å². The molecule has 2 heterocycles. The van der Waals surface area contributed by atoms with Gasteiger partial charge in [0, 0.05) is 31.2 Å². The van der Waals surface area contributed by atoms with Gasteiger partial charge in [-0.1, -0.05) is 151 Å². The van der Waals surface area contributed by atoms with Crippen LogP contribution in [0.15, 0.2) is 211 Å². The molecule has 356 valence electrons. The van der Waals surface area contributed by atoms with Gasteiger partial charge in [0.05, 0.1) is 19.1 Å². The van der Waals surface area contributed by atoms with E-state index >= 15 is 0 Å². The predicted molar refractivity (Wildman–Crippen MR) is 293 cm³/mol. The molecule has 0 aliphatic carbocycles. The van der Waals surface area contributed by atoms with Crippen molar-refractivity contribution in [1.29, 1.82) is 0 Å². The van der Waals surface area contributed by atoms with Gasteiger partial charge in [-0.25, -0.2) is 8.42 Å². The lowest BCUT2D eigenvalue weighted by Crippen LogP contribution is -2.29. The number of sulfone groups is 1. The van der Waals surface area contributed by atoms with Gasteiger partial charge in [0.15, 0.2) is 9.84 Å². The van der Waals surface area contributed by atoms with E-state index in [1.165, 1.54) is 63.7 Å². The van der Waals surface area contributed by atoms with E-state index in [4.69, 9.17) is 19.5 Å². The summed E-state index contributed by atoms with van der Waals surface area (Å²) in [6.07, 6.45) is 1.91. The summed E-state index contributed by atoms with van der Waals surface area (Å²) in [6.45, 7) is 6.11. The number of benzene rings is 9. The molecule has 0 amide bonds. The molecule has 71 heavy (non-hydrogen) atoms. The van der Waals surface area contributed by atoms with Crippen LogP contribution in [0.1, 0.15) is 64.3 Å². The molecule has 9 aromatic rings. The van der Waals surface area contributed by atoms with E-state index in [2.05, 4.69) is 121 Å². The van der Waals surface area contributed by atoms with Crippen molar-refractivity contribution >= 4 is 73.2 Å². The molecule has 0 bridgehead atoms. The fourth-order valence-corrected chi connectivity index (χ4v) is 11.9. The number of fused-ring (bicyclic) bond motifs is 6. The molecule has 2 aliphatic rings. The highest BCUT2D eigenvalue weighted by molar-refractivity contribution is 7.99. The van der Waals surface area contributed by atoms with Crippen molar-refractivity contribution in [1.82, 2.24) is 0 Å². The number of ether oxygens (including phenoxy) is 2. The third-order valence-electron chi connectivity index (χ3n) is 13.0. The number of hydrogen-bond acceptors (Lipinski definition) is 9. The standard InChI is InChI=1S/C26H22OS.C23H21NO2S2.C11H11BO3/c1-17(18-7-8-21-16-24(27-2)11-9-20(21)13-18)19-10-12-26-23(14-19)15-22-5-3-4-6-25(22)28-26;1-16-7-10-21(11-8-16)28(25,26)15-24-17(2)18-9-12-23-20(13-18)14-19-5-3-4-6-22(19)27-23;1-15-11-5-3-8-6-10(12(13)14)4-2-9(8)7-11/h3-14,16-17H,15H2,1-2H3;3-13H,14-15H2,1-2H3;2-7,13-14H,1H3. The minimum atomic E-state index is -3.43. The Morgan fingerprint density at radius 2 is 1.07 bits per heavy atom. The van der Waals surface area contributed by atoms with E-state index in [-0.39, 0.29) is 5.88 Å². The maximum Gasteiger partial charge on any atom is 0.488 e. The quantitative estimate of drug-likeness (QED) is 0.109. The van der Waals surface area contributed by atoms with E-state index in [1.807, 2.05) is 74.1 Å². The molecule has 2 N–H and O–H groups in total. The number of nitrogens with zero attached hydrogens (tertiary/aromatic N) is 1. The molecule has 0 spiro atoms. The van der Waals surface area contributed by atoms with Crippen molar-refractivity contribution in [3.8, 4) is 11.5 Å². The van der Waals surface area contributed by atoms with Gasteiger partial charge in [-0.3, -0.25) is 4.99 Å². The molecule has 11 rings (SSSR count). The summed E-state index contributed by atoms with van der Waals surface area (Å²) in [5.41, 5.74) is 11.4. The number of hydrogen-bond donors (Lipinski definition) is 2. The van der Waals surface area contributed by atoms with Crippen molar-refractivity contribution in [3.63, 3.8) is 0 Å². The lowest BCUT2D eigenvalue weighted by molar-refractivity contribution is 0.415. The van der Waals surface area contributed by atoms with Crippen LogP contribution in [-0.2, 0) is 22.7 Å². The Hall–Kier alpha value is -6.60. The van der Waals surface area contributed by atoms with Crippen molar-refractivity contribution in [3.05, 3.63) is 226 Å². The summed E-state index contributed by atoms with van der Waals surface area (Å²) in [6, 6.07) is 61.3. The zero-order valence-corrected chi connectivity index (χ0v) is 42.7. The Balaban J connectivity index is 0.000000138. The van der Waals surface area contributed by atoms with Crippen LogP contribution in [0.4, 0.5) is 0 Å². The highest BCUT2D eigenvalue weighted by Gasteiger charge is 2.20. The van der Waals surface area contributed by atoms with Crippen molar-refractivity contribution in [2.24, 2.45) is 4.99 Å². The number of aliphatic imine (C=N–C) groups is 1. The van der Waals surface area contributed by atoms with Gasteiger partial charge in [0.2, 0.25) is 0 Å². The second-order valence-corrected chi connectivity index (χ2v) is 21.9. The molecular formula is C60H54BNO6S3. The second kappa shape index (κ2) is 21.8. The van der Waals surface area contributed by atoms with E-state index in [9.17, 15) is 8.42 Å². The summed E-state index contributed by atoms with van der Waals surface area (Å²) in [5.74, 6) is 1.82. The van der Waals surface area contributed by atoms with Crippen molar-refractivity contribution in [2.45, 2.75) is 64.0 Å². The minimum Gasteiger partial charge on any atom is -0.497 e. The smallest absolute Gasteiger partial charge is 0.488 e. The first kappa shape index (κ1) is 49.4. The summed E-state index contributed by atoms with van der Waals surface area (Å²) in [5, 5.41) is 22.5. The molecule has 0 radical (unpaired) electrons. The van der Waals surface area contributed by atoms with Crippen molar-refractivity contribution < 1.29 is 27.9 Å². The largest absolute Gasteiger partial charge is 0.497 e. The van der Waals surface area contributed by atoms with E-state index in [1.54, 1.807) is 50.2 Å². The third kappa shape index (κ3) is 11.6. The first-order valence-corrected chi connectivity index (χ1v) is 26.7. The van der Waals surface area contributed by atoms with E-state index in [0.29, 0.717) is 16.3 Å². The SMILES string of the molecule is CC(=NCS(=O)(=O)c1ccc(C)cc1)c1ccc2c(c1)Cc1ccccc1S2.COc1ccc2cc(B(O)O)ccc2c1.COc1ccc2cc(C(C)c3ccc4c(c3)Cc3ccccc3S4)ccc2c1. The summed E-state index contributed by atoms with van der Waals surface area (Å²) in [4.78, 5) is 10.0. The highest BCUT2D eigenvalue weighted by Crippen LogP contribution is 2.42. The molecule has 0 saturated carbocycles. The summed E-state index contributed by atoms with van der Waals surface area (Å²) >= 11 is 3.68. The van der Waals surface area contributed by atoms with Gasteiger partial charge >= 0.3 is 7.12 Å².